The molecule has 4 rings (SSSR count). The minimum atomic E-state index is -3.83. The highest BCUT2D eigenvalue weighted by Crippen LogP contribution is 2.27. The van der Waals surface area contributed by atoms with Gasteiger partial charge in [-0.1, -0.05) is 24.3 Å². The third-order valence-electron chi connectivity index (χ3n) is 5.31. The van der Waals surface area contributed by atoms with Crippen LogP contribution in [0.4, 0.5) is 10.5 Å². The fourth-order valence-electron chi connectivity index (χ4n) is 3.77. The van der Waals surface area contributed by atoms with Gasteiger partial charge in [0.1, 0.15) is 11.3 Å². The van der Waals surface area contributed by atoms with Gasteiger partial charge in [0.15, 0.2) is 0 Å². The highest BCUT2D eigenvalue weighted by atomic mass is 32.2. The summed E-state index contributed by atoms with van der Waals surface area (Å²) in [6.07, 6.45) is -0.705. The molecule has 0 bridgehead atoms. The van der Waals surface area contributed by atoms with Gasteiger partial charge in [0.25, 0.3) is 15.9 Å². The van der Waals surface area contributed by atoms with Crippen molar-refractivity contribution in [1.29, 1.82) is 0 Å². The maximum atomic E-state index is 13.3. The van der Waals surface area contributed by atoms with Crippen LogP contribution in [0, 0.1) is 0 Å². The number of fused-ring (bicyclic) bond motifs is 1. The maximum Gasteiger partial charge on any atom is 0.419 e. The van der Waals surface area contributed by atoms with Crippen LogP contribution in [0.2, 0.25) is 0 Å². The number of anilines is 1. The third-order valence-corrected chi connectivity index (χ3v) is 6.71. The van der Waals surface area contributed by atoms with Crippen molar-refractivity contribution >= 4 is 38.6 Å². The van der Waals surface area contributed by atoms with E-state index in [0.717, 1.165) is 0 Å². The second-order valence-electron chi connectivity index (χ2n) is 9.08. The molecule has 0 aliphatic carbocycles. The van der Waals surface area contributed by atoms with Gasteiger partial charge in [-0.2, -0.15) is 0 Å². The lowest BCUT2D eigenvalue weighted by atomic mass is 10.2. The summed E-state index contributed by atoms with van der Waals surface area (Å²) >= 11 is 0. The minimum Gasteiger partial charge on any atom is -0.443 e. The summed E-state index contributed by atoms with van der Waals surface area (Å²) in [5.41, 5.74) is 0.0332. The zero-order chi connectivity index (χ0) is 24.5. The summed E-state index contributed by atoms with van der Waals surface area (Å²) in [5, 5.41) is 3.82. The molecule has 1 fully saturated rings. The average Bonchev–Trinajstić information content (AvgIpc) is 3.17. The molecule has 2 aromatic carbocycles. The predicted molar refractivity (Wildman–Crippen MR) is 130 cm³/mol. The van der Waals surface area contributed by atoms with E-state index < -0.39 is 21.7 Å². The predicted octanol–water partition coefficient (Wildman–Crippen LogP) is 3.27. The monoisotopic (exact) mass is 484 g/mol. The van der Waals surface area contributed by atoms with Crippen molar-refractivity contribution in [1.82, 2.24) is 14.8 Å². The van der Waals surface area contributed by atoms with E-state index in [1.165, 1.54) is 22.8 Å². The van der Waals surface area contributed by atoms with Crippen molar-refractivity contribution in [2.45, 2.75) is 31.3 Å². The molecule has 9 nitrogen and oxygen atoms in total. The van der Waals surface area contributed by atoms with Crippen molar-refractivity contribution in [3.63, 3.8) is 0 Å². The number of rotatable bonds is 4. The van der Waals surface area contributed by atoms with Crippen molar-refractivity contribution in [3.05, 3.63) is 60.3 Å². The van der Waals surface area contributed by atoms with Crippen LogP contribution in [0.25, 0.3) is 10.9 Å². The molecule has 180 valence electrons. The Hall–Kier alpha value is -3.37. The summed E-state index contributed by atoms with van der Waals surface area (Å²) in [6.45, 7) is 7.62. The SMILES string of the molecule is CC(C)(C)OC(=O)n1c(C(=O)N2CCNCC2)cc2ccc(NS(=O)(=O)c3ccccc3)cc21. The molecule has 1 amide bonds. The highest BCUT2D eigenvalue weighted by molar-refractivity contribution is 7.92. The molecular formula is C24H28N4O5S. The van der Waals surface area contributed by atoms with Crippen LogP contribution in [0.5, 0.6) is 0 Å². The van der Waals surface area contributed by atoms with Gasteiger partial charge in [0.2, 0.25) is 0 Å². The molecule has 1 saturated heterocycles. The average molecular weight is 485 g/mol. The first-order valence-electron chi connectivity index (χ1n) is 11.0. The van der Waals surface area contributed by atoms with Crippen LogP contribution in [0.15, 0.2) is 59.5 Å². The molecule has 2 N–H and O–H groups in total. The van der Waals surface area contributed by atoms with Crippen LogP contribution in [0.1, 0.15) is 31.3 Å². The molecular weight excluding hydrogens is 456 g/mol. The second kappa shape index (κ2) is 9.11. The molecule has 0 spiro atoms. The summed E-state index contributed by atoms with van der Waals surface area (Å²) in [4.78, 5) is 28.3. The van der Waals surface area contributed by atoms with E-state index in [2.05, 4.69) is 10.0 Å². The summed E-state index contributed by atoms with van der Waals surface area (Å²) in [7, 11) is -3.83. The number of aromatic nitrogens is 1. The van der Waals surface area contributed by atoms with Crippen molar-refractivity contribution in [2.24, 2.45) is 0 Å². The quantitative estimate of drug-likeness (QED) is 0.588. The van der Waals surface area contributed by atoms with Gasteiger partial charge in [0, 0.05) is 31.6 Å². The number of benzene rings is 2. The first-order chi connectivity index (χ1) is 16.0. The van der Waals surface area contributed by atoms with Gasteiger partial charge in [0.05, 0.1) is 16.1 Å². The van der Waals surface area contributed by atoms with Crippen LogP contribution in [-0.2, 0) is 14.8 Å². The summed E-state index contributed by atoms with van der Waals surface area (Å²) in [5.74, 6) is -0.282. The largest absolute Gasteiger partial charge is 0.443 e. The number of amides is 1. The number of nitrogens with zero attached hydrogens (tertiary/aromatic N) is 2. The number of carbonyl (C=O) groups excluding carboxylic acids is 2. The Bertz CT molecular complexity index is 1320. The lowest BCUT2D eigenvalue weighted by molar-refractivity contribution is 0.0521. The summed E-state index contributed by atoms with van der Waals surface area (Å²) < 4.78 is 34.9. The first kappa shape index (κ1) is 23.8. The molecule has 34 heavy (non-hydrogen) atoms. The van der Waals surface area contributed by atoms with Gasteiger partial charge in [-0.3, -0.25) is 9.52 Å². The molecule has 3 aromatic rings. The van der Waals surface area contributed by atoms with Gasteiger partial charge in [-0.05, 0) is 51.1 Å². The van der Waals surface area contributed by atoms with Crippen LogP contribution in [-0.4, -0.2) is 61.7 Å². The lowest BCUT2D eigenvalue weighted by Crippen LogP contribution is -2.47. The van der Waals surface area contributed by atoms with E-state index in [-0.39, 0.29) is 22.2 Å². The molecule has 0 atom stereocenters. The first-order valence-corrected chi connectivity index (χ1v) is 12.5. The van der Waals surface area contributed by atoms with E-state index >= 15 is 0 Å². The molecule has 10 heteroatoms. The van der Waals surface area contributed by atoms with Gasteiger partial charge < -0.3 is 15.0 Å². The molecule has 1 aliphatic heterocycles. The smallest absolute Gasteiger partial charge is 0.419 e. The van der Waals surface area contributed by atoms with E-state index in [1.807, 2.05) is 0 Å². The Morgan fingerprint density at radius 1 is 1.00 bits per heavy atom. The molecule has 0 saturated carbocycles. The Balaban J connectivity index is 1.77. The number of sulfonamides is 1. The zero-order valence-corrected chi connectivity index (χ0v) is 20.2. The van der Waals surface area contributed by atoms with Crippen molar-refractivity contribution in [3.8, 4) is 0 Å². The second-order valence-corrected chi connectivity index (χ2v) is 10.8. The lowest BCUT2D eigenvalue weighted by Gasteiger charge is -2.28. The fraction of sp³-hybridized carbons (Fsp3) is 0.333. The number of hydrogen-bond donors (Lipinski definition) is 2. The van der Waals surface area contributed by atoms with E-state index in [0.29, 0.717) is 37.1 Å². The van der Waals surface area contributed by atoms with E-state index in [1.54, 1.807) is 62.1 Å². The number of hydrogen-bond acceptors (Lipinski definition) is 6. The Morgan fingerprint density at radius 3 is 2.32 bits per heavy atom. The fourth-order valence-corrected chi connectivity index (χ4v) is 4.84. The number of nitrogens with one attached hydrogen (secondary N) is 2. The number of piperazine rings is 1. The highest BCUT2D eigenvalue weighted by Gasteiger charge is 2.28. The van der Waals surface area contributed by atoms with Crippen molar-refractivity contribution < 1.29 is 22.7 Å². The summed E-state index contributed by atoms with van der Waals surface area (Å²) in [6, 6.07) is 14.4. The minimum absolute atomic E-state index is 0.118. The Labute approximate surface area is 198 Å². The Morgan fingerprint density at radius 2 is 1.68 bits per heavy atom. The third kappa shape index (κ3) is 5.07. The zero-order valence-electron chi connectivity index (χ0n) is 19.4. The van der Waals surface area contributed by atoms with Crippen LogP contribution in [0.3, 0.4) is 0 Å². The molecule has 1 aliphatic rings. The van der Waals surface area contributed by atoms with Gasteiger partial charge >= 0.3 is 6.09 Å². The van der Waals surface area contributed by atoms with Gasteiger partial charge in [-0.25, -0.2) is 17.8 Å². The topological polar surface area (TPSA) is 110 Å². The van der Waals surface area contributed by atoms with E-state index in [9.17, 15) is 18.0 Å². The van der Waals surface area contributed by atoms with E-state index in [4.69, 9.17) is 4.74 Å². The number of ether oxygens (including phenoxy) is 1. The standard InChI is InChI=1S/C24H28N4O5S/c1-24(2,3)33-23(30)28-20-16-18(26-34(31,32)19-7-5-4-6-8-19)10-9-17(20)15-21(28)22(29)27-13-11-25-12-14-27/h4-10,15-16,25-26H,11-14H2,1-3H3. The van der Waals surface area contributed by atoms with Gasteiger partial charge in [-0.15, -0.1) is 0 Å². The maximum absolute atomic E-state index is 13.3. The molecule has 2 heterocycles. The van der Waals surface area contributed by atoms with Crippen LogP contribution >= 0.6 is 0 Å². The Kier molecular flexibility index (Phi) is 6.37. The normalized spacial score (nSPS) is 14.7. The molecule has 0 radical (unpaired) electrons. The molecule has 1 aromatic heterocycles. The van der Waals surface area contributed by atoms with Crippen molar-refractivity contribution in [2.75, 3.05) is 30.9 Å². The van der Waals surface area contributed by atoms with Crippen LogP contribution < -0.4 is 10.0 Å². The molecule has 0 unspecified atom stereocenters. The number of carbonyl (C=O) groups is 2.